The molecule has 0 aliphatic carbocycles. The van der Waals surface area contributed by atoms with Crippen LogP contribution in [-0.2, 0) is 22.1 Å². The summed E-state index contributed by atoms with van der Waals surface area (Å²) in [5, 5.41) is 3.44. The lowest BCUT2D eigenvalue weighted by molar-refractivity contribution is -0.117. The molecule has 1 amide bonds. The van der Waals surface area contributed by atoms with Gasteiger partial charge in [-0.1, -0.05) is 30.3 Å². The van der Waals surface area contributed by atoms with Gasteiger partial charge in [-0.25, -0.2) is 0 Å². The summed E-state index contributed by atoms with van der Waals surface area (Å²) in [4.78, 5) is 14.8. The Kier molecular flexibility index (Phi) is 4.88. The number of benzene rings is 2. The van der Waals surface area contributed by atoms with Gasteiger partial charge in [0.1, 0.15) is 0 Å². The summed E-state index contributed by atoms with van der Waals surface area (Å²) < 4.78 is 11.4. The molecule has 120 valence electrons. The molecule has 0 radical (unpaired) electrons. The summed E-state index contributed by atoms with van der Waals surface area (Å²) in [7, 11) is -0.946. The topological polar surface area (TPSA) is 49.4 Å². The van der Waals surface area contributed by atoms with Crippen molar-refractivity contribution in [2.75, 3.05) is 17.7 Å². The summed E-state index contributed by atoms with van der Waals surface area (Å²) in [5.74, 6) is 0.158. The van der Waals surface area contributed by atoms with E-state index in [0.29, 0.717) is 19.5 Å². The Morgan fingerprint density at radius 3 is 2.48 bits per heavy atom. The van der Waals surface area contributed by atoms with Gasteiger partial charge in [0.15, 0.2) is 0 Å². The minimum Gasteiger partial charge on any atom is -0.311 e. The molecule has 2 atom stereocenters. The molecule has 4 nitrogen and oxygen atoms in total. The van der Waals surface area contributed by atoms with Crippen LogP contribution in [0.25, 0.3) is 0 Å². The molecule has 1 aliphatic heterocycles. The van der Waals surface area contributed by atoms with Crippen LogP contribution in [-0.4, -0.2) is 29.0 Å². The van der Waals surface area contributed by atoms with Gasteiger partial charge in [-0.15, -0.1) is 0 Å². The Morgan fingerprint density at radius 2 is 1.83 bits per heavy atom. The average molecular weight is 328 g/mol. The van der Waals surface area contributed by atoms with Crippen molar-refractivity contribution in [2.45, 2.75) is 23.9 Å². The van der Waals surface area contributed by atoms with Crippen LogP contribution in [0.1, 0.15) is 12.0 Å². The molecule has 23 heavy (non-hydrogen) atoms. The molecule has 1 aliphatic rings. The van der Waals surface area contributed by atoms with Gasteiger partial charge in [-0.05, 0) is 29.8 Å². The highest BCUT2D eigenvalue weighted by Gasteiger charge is 2.29. The van der Waals surface area contributed by atoms with Crippen LogP contribution in [0, 0.1) is 0 Å². The van der Waals surface area contributed by atoms with Crippen molar-refractivity contribution in [1.82, 2.24) is 5.32 Å². The Morgan fingerprint density at radius 1 is 1.13 bits per heavy atom. The number of carbonyl (C=O) groups excluding carboxylic acids is 1. The second-order valence-corrected chi connectivity index (χ2v) is 7.10. The van der Waals surface area contributed by atoms with Gasteiger partial charge in [-0.2, -0.15) is 0 Å². The minimum atomic E-state index is -0.946. The van der Waals surface area contributed by atoms with Crippen molar-refractivity contribution in [3.63, 3.8) is 0 Å². The normalized spacial score (nSPS) is 19.1. The van der Waals surface area contributed by atoms with Crippen molar-refractivity contribution >= 4 is 22.4 Å². The number of hydrogen-bond donors (Lipinski definition) is 1. The van der Waals surface area contributed by atoms with Gasteiger partial charge < -0.3 is 10.2 Å². The fraction of sp³-hybridized carbons (Fsp3) is 0.278. The Balaban J connectivity index is 1.57. The van der Waals surface area contributed by atoms with Crippen molar-refractivity contribution < 1.29 is 9.00 Å². The summed E-state index contributed by atoms with van der Waals surface area (Å²) in [5.41, 5.74) is 2.08. The van der Waals surface area contributed by atoms with E-state index >= 15 is 0 Å². The monoisotopic (exact) mass is 328 g/mol. The Hall–Kier alpha value is -1.98. The SMILES string of the molecule is C[S@@](=O)c1ccc(CN[C@@H]2CC(=O)N(c3ccccc3)C2)cc1. The predicted octanol–water partition coefficient (Wildman–Crippen LogP) is 2.32. The fourth-order valence-electron chi connectivity index (χ4n) is 2.76. The first-order valence-corrected chi connectivity index (χ1v) is 9.20. The molecule has 3 rings (SSSR count). The molecule has 1 fully saturated rings. The zero-order valence-electron chi connectivity index (χ0n) is 13.1. The highest BCUT2D eigenvalue weighted by Crippen LogP contribution is 2.21. The third kappa shape index (κ3) is 3.86. The van der Waals surface area contributed by atoms with E-state index in [2.05, 4.69) is 5.32 Å². The van der Waals surface area contributed by atoms with Crippen LogP contribution in [0.3, 0.4) is 0 Å². The number of hydrogen-bond acceptors (Lipinski definition) is 3. The molecule has 0 unspecified atom stereocenters. The van der Waals surface area contributed by atoms with Crippen LogP contribution < -0.4 is 10.2 Å². The van der Waals surface area contributed by atoms with Crippen LogP contribution in [0.15, 0.2) is 59.5 Å². The number of nitrogens with zero attached hydrogens (tertiary/aromatic N) is 1. The molecule has 2 aromatic carbocycles. The summed E-state index contributed by atoms with van der Waals surface area (Å²) in [6, 6.07) is 17.7. The van der Waals surface area contributed by atoms with E-state index in [4.69, 9.17) is 0 Å². The lowest BCUT2D eigenvalue weighted by Crippen LogP contribution is -2.32. The molecule has 1 N–H and O–H groups in total. The lowest BCUT2D eigenvalue weighted by atomic mass is 10.2. The number of nitrogens with one attached hydrogen (secondary N) is 1. The van der Waals surface area contributed by atoms with Gasteiger partial charge in [-0.3, -0.25) is 9.00 Å². The molecule has 5 heteroatoms. The number of carbonyl (C=O) groups is 1. The zero-order valence-corrected chi connectivity index (χ0v) is 13.9. The number of rotatable bonds is 5. The molecule has 0 bridgehead atoms. The van der Waals surface area contributed by atoms with E-state index in [1.54, 1.807) is 6.26 Å². The fourth-order valence-corrected chi connectivity index (χ4v) is 3.28. The summed E-state index contributed by atoms with van der Waals surface area (Å²) >= 11 is 0. The number of para-hydroxylation sites is 1. The van der Waals surface area contributed by atoms with E-state index in [9.17, 15) is 9.00 Å². The van der Waals surface area contributed by atoms with Gasteiger partial charge in [0.05, 0.1) is 0 Å². The quantitative estimate of drug-likeness (QED) is 0.916. The highest BCUT2D eigenvalue weighted by atomic mass is 32.2. The van der Waals surface area contributed by atoms with Crippen molar-refractivity contribution in [1.29, 1.82) is 0 Å². The molecule has 2 aromatic rings. The molecule has 1 heterocycles. The van der Waals surface area contributed by atoms with Crippen LogP contribution in [0.2, 0.25) is 0 Å². The van der Waals surface area contributed by atoms with Crippen LogP contribution in [0.4, 0.5) is 5.69 Å². The number of anilines is 1. The van der Waals surface area contributed by atoms with Crippen molar-refractivity contribution in [3.05, 3.63) is 60.2 Å². The van der Waals surface area contributed by atoms with Gasteiger partial charge >= 0.3 is 0 Å². The Labute approximate surface area is 139 Å². The predicted molar refractivity (Wildman–Crippen MR) is 92.8 cm³/mol. The molecular formula is C18H20N2O2S. The average Bonchev–Trinajstić information content (AvgIpc) is 2.95. The van der Waals surface area contributed by atoms with E-state index in [1.165, 1.54) is 0 Å². The van der Waals surface area contributed by atoms with Gasteiger partial charge in [0, 0.05) is 53.2 Å². The third-order valence-corrected chi connectivity index (χ3v) is 4.98. The summed E-state index contributed by atoms with van der Waals surface area (Å²) in [6.45, 7) is 1.40. The standard InChI is InChI=1S/C18H20N2O2S/c1-23(22)17-9-7-14(8-10-17)12-19-15-11-18(21)20(13-15)16-5-3-2-4-6-16/h2-10,15,19H,11-13H2,1H3/t15-,23-/m1/s1. The van der Waals surface area contributed by atoms with E-state index in [1.807, 2.05) is 59.5 Å². The molecule has 0 saturated carbocycles. The molecule has 1 saturated heterocycles. The summed E-state index contributed by atoms with van der Waals surface area (Å²) in [6.07, 6.45) is 2.20. The maximum atomic E-state index is 12.2. The second-order valence-electron chi connectivity index (χ2n) is 5.72. The lowest BCUT2D eigenvalue weighted by Gasteiger charge is -2.17. The van der Waals surface area contributed by atoms with Gasteiger partial charge in [0.2, 0.25) is 5.91 Å². The molecule has 0 spiro atoms. The smallest absolute Gasteiger partial charge is 0.228 e. The second kappa shape index (κ2) is 7.06. The van der Waals surface area contributed by atoms with E-state index in [0.717, 1.165) is 16.1 Å². The first-order valence-electron chi connectivity index (χ1n) is 7.64. The largest absolute Gasteiger partial charge is 0.311 e. The Bertz CT molecular complexity index is 701. The van der Waals surface area contributed by atoms with E-state index in [-0.39, 0.29) is 11.9 Å². The minimum absolute atomic E-state index is 0.155. The van der Waals surface area contributed by atoms with Crippen LogP contribution >= 0.6 is 0 Å². The van der Waals surface area contributed by atoms with Crippen LogP contribution in [0.5, 0.6) is 0 Å². The molecule has 0 aromatic heterocycles. The van der Waals surface area contributed by atoms with Crippen molar-refractivity contribution in [2.24, 2.45) is 0 Å². The first-order chi connectivity index (χ1) is 11.1. The van der Waals surface area contributed by atoms with Crippen molar-refractivity contribution in [3.8, 4) is 0 Å². The van der Waals surface area contributed by atoms with Gasteiger partial charge in [0.25, 0.3) is 0 Å². The van der Waals surface area contributed by atoms with E-state index < -0.39 is 10.8 Å². The molecular weight excluding hydrogens is 308 g/mol. The first kappa shape index (κ1) is 15.9. The maximum absolute atomic E-state index is 12.2. The highest BCUT2D eigenvalue weighted by molar-refractivity contribution is 7.84. The third-order valence-electron chi connectivity index (χ3n) is 4.04. The maximum Gasteiger partial charge on any atom is 0.228 e. The zero-order chi connectivity index (χ0) is 16.2. The number of amides is 1.